The minimum atomic E-state index is -0.0182. The fourth-order valence-electron chi connectivity index (χ4n) is 1.93. The number of nitrogens with one attached hydrogen (secondary N) is 1. The molecular formula is C16H15Cl2NO. The normalized spacial score (nSPS) is 10.3. The molecule has 4 heteroatoms. The molecule has 2 nitrogen and oxygen atoms in total. The number of benzene rings is 2. The van der Waals surface area contributed by atoms with Crippen LogP contribution in [-0.4, -0.2) is 5.91 Å². The van der Waals surface area contributed by atoms with Crippen LogP contribution in [0.15, 0.2) is 42.5 Å². The van der Waals surface area contributed by atoms with E-state index in [1.807, 2.05) is 43.3 Å². The van der Waals surface area contributed by atoms with Crippen LogP contribution in [0, 0.1) is 6.92 Å². The Balaban J connectivity index is 1.92. The van der Waals surface area contributed by atoms with Gasteiger partial charge in [-0.2, -0.15) is 0 Å². The molecule has 20 heavy (non-hydrogen) atoms. The number of aryl methyl sites for hydroxylation is 2. The first-order chi connectivity index (χ1) is 9.54. The highest BCUT2D eigenvalue weighted by Crippen LogP contribution is 2.20. The van der Waals surface area contributed by atoms with Crippen molar-refractivity contribution in [2.45, 2.75) is 19.8 Å². The van der Waals surface area contributed by atoms with Crippen molar-refractivity contribution in [3.63, 3.8) is 0 Å². The van der Waals surface area contributed by atoms with Crippen LogP contribution in [0.1, 0.15) is 17.5 Å². The van der Waals surface area contributed by atoms with Gasteiger partial charge >= 0.3 is 0 Å². The number of carbonyl (C=O) groups is 1. The van der Waals surface area contributed by atoms with Crippen LogP contribution in [0.5, 0.6) is 0 Å². The van der Waals surface area contributed by atoms with E-state index in [4.69, 9.17) is 23.2 Å². The zero-order valence-corrected chi connectivity index (χ0v) is 12.6. The van der Waals surface area contributed by atoms with Gasteiger partial charge in [-0.15, -0.1) is 0 Å². The third-order valence-electron chi connectivity index (χ3n) is 2.99. The molecule has 2 aromatic carbocycles. The summed E-state index contributed by atoms with van der Waals surface area (Å²) in [6, 6.07) is 13.0. The van der Waals surface area contributed by atoms with Gasteiger partial charge in [-0.25, -0.2) is 0 Å². The third kappa shape index (κ3) is 4.26. The van der Waals surface area contributed by atoms with Crippen LogP contribution in [0.2, 0.25) is 10.0 Å². The number of anilines is 1. The summed E-state index contributed by atoms with van der Waals surface area (Å²) in [5.41, 5.74) is 2.81. The molecule has 104 valence electrons. The maximum absolute atomic E-state index is 11.9. The summed E-state index contributed by atoms with van der Waals surface area (Å²) < 4.78 is 0. The fourth-order valence-corrected chi connectivity index (χ4v) is 2.37. The number of hydrogen-bond acceptors (Lipinski definition) is 1. The molecule has 0 bridgehead atoms. The van der Waals surface area contributed by atoms with Gasteiger partial charge in [-0.05, 0) is 54.8 Å². The number of amides is 1. The molecule has 2 rings (SSSR count). The van der Waals surface area contributed by atoms with Crippen molar-refractivity contribution in [2.75, 3.05) is 5.32 Å². The lowest BCUT2D eigenvalue weighted by Crippen LogP contribution is -2.13. The zero-order valence-electron chi connectivity index (χ0n) is 11.1. The average molecular weight is 308 g/mol. The fraction of sp³-hybridized carbons (Fsp3) is 0.188. The lowest BCUT2D eigenvalue weighted by molar-refractivity contribution is -0.116. The van der Waals surface area contributed by atoms with Gasteiger partial charge in [0.05, 0.1) is 0 Å². The van der Waals surface area contributed by atoms with Crippen LogP contribution in [0.3, 0.4) is 0 Å². The summed E-state index contributed by atoms with van der Waals surface area (Å²) in [5.74, 6) is -0.0182. The SMILES string of the molecule is Cc1cc(Cl)ccc1NC(=O)CCc1cccc(Cl)c1. The molecule has 0 aliphatic rings. The van der Waals surface area contributed by atoms with Gasteiger partial charge in [-0.3, -0.25) is 4.79 Å². The molecule has 1 amide bonds. The number of rotatable bonds is 4. The van der Waals surface area contributed by atoms with Crippen molar-refractivity contribution in [2.24, 2.45) is 0 Å². The van der Waals surface area contributed by atoms with Gasteiger partial charge in [0.25, 0.3) is 0 Å². The first kappa shape index (κ1) is 14.9. The van der Waals surface area contributed by atoms with Gasteiger partial charge in [0, 0.05) is 22.2 Å². The smallest absolute Gasteiger partial charge is 0.224 e. The molecule has 0 radical (unpaired) electrons. The van der Waals surface area contributed by atoms with Crippen molar-refractivity contribution in [1.82, 2.24) is 0 Å². The Morgan fingerprint density at radius 3 is 2.55 bits per heavy atom. The summed E-state index contributed by atoms with van der Waals surface area (Å²) >= 11 is 11.8. The first-order valence-corrected chi connectivity index (χ1v) is 7.10. The predicted molar refractivity (Wildman–Crippen MR) is 84.6 cm³/mol. The summed E-state index contributed by atoms with van der Waals surface area (Å²) in [7, 11) is 0. The second-order valence-corrected chi connectivity index (χ2v) is 5.51. The van der Waals surface area contributed by atoms with Crippen molar-refractivity contribution < 1.29 is 4.79 Å². The second-order valence-electron chi connectivity index (χ2n) is 4.64. The largest absolute Gasteiger partial charge is 0.326 e. The van der Waals surface area contributed by atoms with Gasteiger partial charge < -0.3 is 5.32 Å². The van der Waals surface area contributed by atoms with Gasteiger partial charge in [0.15, 0.2) is 0 Å². The quantitative estimate of drug-likeness (QED) is 0.857. The highest BCUT2D eigenvalue weighted by atomic mass is 35.5. The molecule has 0 saturated heterocycles. The molecule has 0 spiro atoms. The van der Waals surface area contributed by atoms with E-state index in [9.17, 15) is 4.79 Å². The Labute approximate surface area is 128 Å². The standard InChI is InChI=1S/C16H15Cl2NO/c1-11-9-14(18)6-7-15(11)19-16(20)8-5-12-3-2-4-13(17)10-12/h2-4,6-7,9-10H,5,8H2,1H3,(H,19,20). The van der Waals surface area contributed by atoms with Crippen molar-refractivity contribution in [3.05, 3.63) is 63.6 Å². The number of halogens is 2. The molecule has 0 aliphatic carbocycles. The molecule has 0 saturated carbocycles. The zero-order chi connectivity index (χ0) is 14.5. The molecule has 0 unspecified atom stereocenters. The third-order valence-corrected chi connectivity index (χ3v) is 3.46. The van der Waals surface area contributed by atoms with Crippen LogP contribution < -0.4 is 5.32 Å². The van der Waals surface area contributed by atoms with Crippen LogP contribution in [0.4, 0.5) is 5.69 Å². The molecule has 2 aromatic rings. The van der Waals surface area contributed by atoms with E-state index in [1.54, 1.807) is 6.07 Å². The van der Waals surface area contributed by atoms with Gasteiger partial charge in [0.1, 0.15) is 0 Å². The Kier molecular flexibility index (Phi) is 5.05. The number of hydrogen-bond donors (Lipinski definition) is 1. The Morgan fingerprint density at radius 1 is 1.10 bits per heavy atom. The van der Waals surface area contributed by atoms with E-state index >= 15 is 0 Å². The predicted octanol–water partition coefficient (Wildman–Crippen LogP) is 4.87. The van der Waals surface area contributed by atoms with Crippen molar-refractivity contribution in [1.29, 1.82) is 0 Å². The monoisotopic (exact) mass is 307 g/mol. The number of carbonyl (C=O) groups excluding carboxylic acids is 1. The van der Waals surface area contributed by atoms with E-state index in [-0.39, 0.29) is 5.91 Å². The molecular weight excluding hydrogens is 293 g/mol. The van der Waals surface area contributed by atoms with E-state index in [0.717, 1.165) is 16.8 Å². The molecule has 0 fully saturated rings. The Morgan fingerprint density at radius 2 is 1.85 bits per heavy atom. The van der Waals surface area contributed by atoms with E-state index in [0.29, 0.717) is 22.9 Å². The maximum Gasteiger partial charge on any atom is 0.224 e. The molecule has 0 aromatic heterocycles. The van der Waals surface area contributed by atoms with Gasteiger partial charge in [0.2, 0.25) is 5.91 Å². The summed E-state index contributed by atoms with van der Waals surface area (Å²) in [6.45, 7) is 1.92. The second kappa shape index (κ2) is 6.78. The van der Waals surface area contributed by atoms with Crippen molar-refractivity contribution >= 4 is 34.8 Å². The van der Waals surface area contributed by atoms with Crippen LogP contribution in [0.25, 0.3) is 0 Å². The minimum Gasteiger partial charge on any atom is -0.326 e. The van der Waals surface area contributed by atoms with E-state index < -0.39 is 0 Å². The maximum atomic E-state index is 11.9. The van der Waals surface area contributed by atoms with Gasteiger partial charge in [-0.1, -0.05) is 35.3 Å². The molecule has 0 aliphatic heterocycles. The lowest BCUT2D eigenvalue weighted by Gasteiger charge is -2.08. The Hall–Kier alpha value is -1.51. The molecule has 0 atom stereocenters. The molecule has 1 N–H and O–H groups in total. The van der Waals surface area contributed by atoms with Crippen molar-refractivity contribution in [3.8, 4) is 0 Å². The topological polar surface area (TPSA) is 29.1 Å². The average Bonchev–Trinajstić information content (AvgIpc) is 2.40. The lowest BCUT2D eigenvalue weighted by atomic mass is 10.1. The molecule has 0 heterocycles. The summed E-state index contributed by atoms with van der Waals surface area (Å²) in [5, 5.41) is 4.25. The van der Waals surface area contributed by atoms with Crippen LogP contribution in [-0.2, 0) is 11.2 Å². The highest BCUT2D eigenvalue weighted by Gasteiger charge is 2.06. The van der Waals surface area contributed by atoms with E-state index in [1.165, 1.54) is 0 Å². The Bertz CT molecular complexity index is 626. The van der Waals surface area contributed by atoms with E-state index in [2.05, 4.69) is 5.32 Å². The summed E-state index contributed by atoms with van der Waals surface area (Å²) in [6.07, 6.45) is 1.08. The first-order valence-electron chi connectivity index (χ1n) is 6.35. The highest BCUT2D eigenvalue weighted by molar-refractivity contribution is 6.31. The summed E-state index contributed by atoms with van der Waals surface area (Å²) in [4.78, 5) is 11.9. The van der Waals surface area contributed by atoms with Crippen LogP contribution >= 0.6 is 23.2 Å². The minimum absolute atomic E-state index is 0.0182.